The molecule has 4 aromatic carbocycles. The summed E-state index contributed by atoms with van der Waals surface area (Å²) in [7, 11) is -1.38. The van der Waals surface area contributed by atoms with Crippen molar-refractivity contribution in [2.45, 2.75) is 69.6 Å². The van der Waals surface area contributed by atoms with Crippen LogP contribution in [0.25, 0.3) is 0 Å². The van der Waals surface area contributed by atoms with Gasteiger partial charge in [0.15, 0.2) is 0 Å². The minimum atomic E-state index is -1.23. The van der Waals surface area contributed by atoms with Gasteiger partial charge >= 0.3 is 17.1 Å². The van der Waals surface area contributed by atoms with Crippen LogP contribution in [-0.2, 0) is 17.1 Å². The van der Waals surface area contributed by atoms with Crippen LogP contribution in [0.4, 0.5) is 0 Å². The van der Waals surface area contributed by atoms with Crippen LogP contribution in [0, 0.1) is 14.9 Å². The van der Waals surface area contributed by atoms with E-state index in [0.717, 1.165) is 11.3 Å². The van der Waals surface area contributed by atoms with Crippen molar-refractivity contribution in [3.8, 4) is 0 Å². The van der Waals surface area contributed by atoms with Gasteiger partial charge in [-0.1, -0.05) is 110 Å². The topological polar surface area (TPSA) is 0 Å². The Morgan fingerprint density at radius 2 is 0.878 bits per heavy atom. The second kappa shape index (κ2) is 18.0. The van der Waals surface area contributed by atoms with Crippen molar-refractivity contribution in [1.82, 2.24) is 0 Å². The summed E-state index contributed by atoms with van der Waals surface area (Å²) in [6.45, 7) is 2.41. The van der Waals surface area contributed by atoms with Crippen molar-refractivity contribution >= 4 is 36.4 Å². The van der Waals surface area contributed by atoms with Crippen molar-refractivity contribution in [2.24, 2.45) is 0 Å². The van der Waals surface area contributed by atoms with E-state index >= 15 is 0 Å². The van der Waals surface area contributed by atoms with E-state index in [1.165, 1.54) is 57.5 Å². The Kier molecular flexibility index (Phi) is 15.6. The van der Waals surface area contributed by atoms with Crippen LogP contribution in [0.5, 0.6) is 0 Å². The van der Waals surface area contributed by atoms with E-state index < -0.39 is 7.26 Å². The summed E-state index contributed by atoms with van der Waals surface area (Å²) < 4.78 is 0. The van der Waals surface area contributed by atoms with E-state index in [-0.39, 0.29) is 39.8 Å². The van der Waals surface area contributed by atoms with Crippen LogP contribution in [-0.4, -0.2) is 17.5 Å². The van der Waals surface area contributed by atoms with Crippen LogP contribution >= 0.6 is 15.2 Å². The zero-order chi connectivity index (χ0) is 26.0. The van der Waals surface area contributed by atoms with Gasteiger partial charge in [-0.3, -0.25) is 0 Å². The molecule has 218 valence electrons. The summed E-state index contributed by atoms with van der Waals surface area (Å²) >= 11 is 0. The molecule has 2 aliphatic rings. The van der Waals surface area contributed by atoms with Crippen molar-refractivity contribution in [2.75, 3.05) is 6.16 Å². The van der Waals surface area contributed by atoms with E-state index in [4.69, 9.17) is 0 Å². The van der Waals surface area contributed by atoms with E-state index in [9.17, 15) is 0 Å². The molecule has 2 saturated carbocycles. The molecule has 0 saturated heterocycles. The molecule has 3 heteroatoms. The zero-order valence-corrected chi connectivity index (χ0v) is 28.2. The Morgan fingerprint density at radius 3 is 1.24 bits per heavy atom. The molecular formula is C38H49FeP2+. The predicted octanol–water partition coefficient (Wildman–Crippen LogP) is 9.58. The van der Waals surface area contributed by atoms with Gasteiger partial charge in [0, 0.05) is 0 Å². The summed E-state index contributed by atoms with van der Waals surface area (Å²) in [6.07, 6.45) is 12.7. The SMILES string of the molecule is CC[P+](c1ccccc1)(c1ccccc1)C1CCCC1.[CH3-].[CH3-].[Fe+2].c1ccc(P(c2ccccc2)C2CCCC2)cc1. The van der Waals surface area contributed by atoms with Gasteiger partial charge in [-0.25, -0.2) is 0 Å². The van der Waals surface area contributed by atoms with Gasteiger partial charge in [-0.15, -0.1) is 0 Å². The van der Waals surface area contributed by atoms with E-state index in [2.05, 4.69) is 128 Å². The van der Waals surface area contributed by atoms with Gasteiger partial charge in [0.1, 0.15) is 0 Å². The smallest absolute Gasteiger partial charge is 0.358 e. The maximum absolute atomic E-state index is 2.41. The molecule has 4 aromatic rings. The molecule has 0 bridgehead atoms. The summed E-state index contributed by atoms with van der Waals surface area (Å²) in [5.41, 5.74) is 1.79. The summed E-state index contributed by atoms with van der Waals surface area (Å²) in [4.78, 5) is 0. The van der Waals surface area contributed by atoms with Crippen LogP contribution in [0.15, 0.2) is 121 Å². The third kappa shape index (κ3) is 8.43. The second-order valence-electron chi connectivity index (χ2n) is 10.8. The molecule has 0 aromatic heterocycles. The molecule has 0 radical (unpaired) electrons. The molecule has 0 spiro atoms. The van der Waals surface area contributed by atoms with Gasteiger partial charge in [0.2, 0.25) is 0 Å². The molecule has 2 aliphatic carbocycles. The Hall–Kier alpha value is -1.74. The van der Waals surface area contributed by atoms with Gasteiger partial charge in [0.05, 0.1) is 29.7 Å². The minimum Gasteiger partial charge on any atom is -0.358 e. The first-order chi connectivity index (χ1) is 18.8. The first kappa shape index (κ1) is 35.5. The van der Waals surface area contributed by atoms with E-state index in [1.807, 2.05) is 0 Å². The molecule has 0 aliphatic heterocycles. The summed E-state index contributed by atoms with van der Waals surface area (Å²) in [5.74, 6) is 0. The fourth-order valence-electron chi connectivity index (χ4n) is 6.84. The second-order valence-corrected chi connectivity index (χ2v) is 17.4. The number of hydrogen-bond acceptors (Lipinski definition) is 0. The molecule has 0 unspecified atom stereocenters. The maximum atomic E-state index is 2.41. The van der Waals surface area contributed by atoms with Crippen LogP contribution in [0.2, 0.25) is 0 Å². The van der Waals surface area contributed by atoms with Gasteiger partial charge < -0.3 is 14.9 Å². The third-order valence-electron chi connectivity index (χ3n) is 8.64. The summed E-state index contributed by atoms with van der Waals surface area (Å²) in [5, 5.41) is 6.32. The van der Waals surface area contributed by atoms with Gasteiger partial charge in [-0.05, 0) is 93.9 Å². The zero-order valence-electron chi connectivity index (χ0n) is 25.3. The molecule has 0 atom stereocenters. The number of benzene rings is 4. The first-order valence-electron chi connectivity index (χ1n) is 14.7. The van der Waals surface area contributed by atoms with Crippen LogP contribution < -0.4 is 21.2 Å². The molecule has 0 N–H and O–H groups in total. The first-order valence-corrected chi connectivity index (χ1v) is 18.2. The average Bonchev–Trinajstić information content (AvgIpc) is 3.73. The van der Waals surface area contributed by atoms with Crippen molar-refractivity contribution < 1.29 is 17.1 Å². The molecule has 0 amide bonds. The van der Waals surface area contributed by atoms with Crippen LogP contribution in [0.1, 0.15) is 58.3 Å². The Bertz CT molecular complexity index is 1120. The molecular weight excluding hydrogens is 574 g/mol. The largest absolute Gasteiger partial charge is 2.00 e. The Labute approximate surface area is 264 Å². The van der Waals surface area contributed by atoms with E-state index in [0.29, 0.717) is 0 Å². The van der Waals surface area contributed by atoms with Crippen molar-refractivity contribution in [3.05, 3.63) is 136 Å². The monoisotopic (exact) mass is 623 g/mol. The van der Waals surface area contributed by atoms with Gasteiger partial charge in [0.25, 0.3) is 0 Å². The van der Waals surface area contributed by atoms with E-state index in [1.54, 1.807) is 21.2 Å². The number of hydrogen-bond donors (Lipinski definition) is 0. The van der Waals surface area contributed by atoms with Crippen molar-refractivity contribution in [3.63, 3.8) is 0 Å². The Morgan fingerprint density at radius 1 is 0.537 bits per heavy atom. The quantitative estimate of drug-likeness (QED) is 0.109. The third-order valence-corrected chi connectivity index (χ3v) is 16.8. The predicted molar refractivity (Wildman–Crippen MR) is 186 cm³/mol. The summed E-state index contributed by atoms with van der Waals surface area (Å²) in [6, 6.07) is 44.9. The van der Waals surface area contributed by atoms with Crippen molar-refractivity contribution in [1.29, 1.82) is 0 Å². The molecule has 2 fully saturated rings. The van der Waals surface area contributed by atoms with Crippen LogP contribution in [0.3, 0.4) is 0 Å². The molecule has 41 heavy (non-hydrogen) atoms. The Balaban J connectivity index is 0.000000268. The van der Waals surface area contributed by atoms with Gasteiger partial charge in [-0.2, -0.15) is 0 Å². The maximum Gasteiger partial charge on any atom is 2.00 e. The average molecular weight is 624 g/mol. The number of rotatable bonds is 7. The molecule has 0 heterocycles. The molecule has 0 nitrogen and oxygen atoms in total. The minimum absolute atomic E-state index is 0. The normalized spacial score (nSPS) is 15.2. The molecule has 6 rings (SSSR count). The standard InChI is InChI=1S/C19H24P.C17H19P.2CH3.Fe/c1-2-20(19-15-9-10-16-19,17-11-5-3-6-12-17)18-13-7-4-8-14-18;1-3-9-15(10-4-1)18(17-13-7-8-14-17)16-11-5-2-6-12-16;;;/h3-8,11-14,19H,2,9-10,15-16H2,1H3;1-6,9-12,17H,7-8,13-14H2;2*1H3;/q+1;;2*-1;+2. The fourth-order valence-corrected chi connectivity index (χ4v) is 14.9. The fraction of sp³-hybridized carbons (Fsp3) is 0.316.